The summed E-state index contributed by atoms with van der Waals surface area (Å²) in [7, 11) is 1.29. The number of aliphatic hydroxyl groups excluding tert-OH is 6. The number of phenols is 3. The highest BCUT2D eigenvalue weighted by atomic mass is 35.5. The average molecular weight is 1440 g/mol. The molecule has 0 aliphatic carbocycles. The number of likely N-dealkylation sites (N-methyl/N-ethyl adjacent to an activating group) is 1. The summed E-state index contributed by atoms with van der Waals surface area (Å²) in [5.41, 5.74) is 2.93. The number of hydrogen-bond donors (Lipinski definition) is 14. The van der Waals surface area contributed by atoms with Gasteiger partial charge in [-0.25, -0.2) is 4.79 Å². The van der Waals surface area contributed by atoms with Crippen molar-refractivity contribution in [2.45, 2.75) is 165 Å². The molecule has 1 fully saturated rings. The molecule has 101 heavy (non-hydrogen) atoms. The fraction of sp³-hybridized carbons (Fsp3) is 0.443. The Morgan fingerprint density at radius 1 is 0.693 bits per heavy atom. The lowest BCUT2D eigenvalue weighted by molar-refractivity contribution is -0.277. The van der Waals surface area contributed by atoms with Crippen LogP contribution in [0, 0.1) is 17.8 Å². The Labute approximate surface area is 588 Å². The molecule has 0 aromatic heterocycles. The normalized spacial score (nSPS) is 25.1. The van der Waals surface area contributed by atoms with Crippen LogP contribution in [0.3, 0.4) is 0 Å². The number of nitrogens with zero attached hydrogens (tertiary/aromatic N) is 1. The van der Waals surface area contributed by atoms with Crippen molar-refractivity contribution in [1.82, 2.24) is 26.2 Å². The third kappa shape index (κ3) is 17.1. The van der Waals surface area contributed by atoms with Crippen LogP contribution in [0.2, 0.25) is 10.0 Å². The van der Waals surface area contributed by atoms with E-state index in [1.54, 1.807) is 48.5 Å². The number of ketones is 3. The molecule has 14 atom stereocenters. The average Bonchev–Trinajstić information content (AvgIpc) is 0.768. The molecule has 31 heteroatoms. The maximum absolute atomic E-state index is 16.1. The Bertz CT molecular complexity index is 4070. The third-order valence-electron chi connectivity index (χ3n) is 17.4. The molecule has 15 N–H and O–H groups in total. The van der Waals surface area contributed by atoms with Crippen LogP contribution in [0.1, 0.15) is 139 Å². The zero-order chi connectivity index (χ0) is 74.1. The van der Waals surface area contributed by atoms with Crippen molar-refractivity contribution in [2.24, 2.45) is 23.5 Å². The smallest absolute Gasteiger partial charge is 0.410 e. The zero-order valence-electron chi connectivity index (χ0n) is 56.0. The van der Waals surface area contributed by atoms with Gasteiger partial charge in [0.15, 0.2) is 28.8 Å². The quantitative estimate of drug-likeness (QED) is 0.0735. The number of primary amides is 1. The summed E-state index contributed by atoms with van der Waals surface area (Å²) in [5, 5.41) is 113. The maximum Gasteiger partial charge on any atom is 0.410 e. The van der Waals surface area contributed by atoms with Gasteiger partial charge in [-0.2, -0.15) is 0 Å². The Balaban J connectivity index is 1.30. The van der Waals surface area contributed by atoms with Crippen LogP contribution in [-0.2, 0) is 47.8 Å². The first-order chi connectivity index (χ1) is 47.4. The predicted octanol–water partition coefficient (Wildman–Crippen LogP) is 5.02. The van der Waals surface area contributed by atoms with Crippen LogP contribution in [0.25, 0.3) is 11.1 Å². The van der Waals surface area contributed by atoms with Crippen molar-refractivity contribution < 1.29 is 113 Å². The van der Waals surface area contributed by atoms with E-state index >= 15 is 24.0 Å². The minimum absolute atomic E-state index is 0.0226. The lowest BCUT2D eigenvalue weighted by Gasteiger charge is -2.39. The summed E-state index contributed by atoms with van der Waals surface area (Å²) in [5.74, 6) is -17.8. The molecule has 6 aliphatic rings. The van der Waals surface area contributed by atoms with Crippen molar-refractivity contribution in [3.8, 4) is 57.1 Å². The standard InChI is InChI=1S/C70H80Cl2N6O23/c1-28(2)15-41(78(8)69(96)101-70(5,6)7)66(94)76-56-45(84)20-34(23-52(73)86)64(92)74-54-33-21-49(97-47-13-10-31(58(56)87)18-39(47)71)63(100-68-62(91)61(90)60(89)51(27-79)99-68)50(22-33)98-48-14-11-32(19-40(48)72)59(88)57-67(95)75-55(44(83)16-29(3)4)38-24-35(80)25-43(82)53(38)37-17-30(9-12-42(37)81)36(26-46(54)85)65(93)77-57/h9-14,17-19,21-22,24-25,28-29,34,36,41,51,54-62,68,79-82,87-91H,15-16,20,23,26-27H2,1-8H3,(H2,73,86)(H,74,92)(H,75,95)(H,76,94)(H,77,93)/t34-,36-,41+,51+,54+,55-,56-,57-,58+,59+,60+,61-,62+,68-/m0/s1. The number of amides is 6. The van der Waals surface area contributed by atoms with Crippen LogP contribution in [0.15, 0.2) is 78.9 Å². The number of ether oxygens (including phenoxy) is 5. The number of benzene rings is 5. The summed E-state index contributed by atoms with van der Waals surface area (Å²) >= 11 is 14.1. The summed E-state index contributed by atoms with van der Waals surface area (Å²) in [6, 6.07) is 5.00. The first kappa shape index (κ1) is 76.0. The number of nitrogens with one attached hydrogen (secondary N) is 4. The van der Waals surface area contributed by atoms with Gasteiger partial charge in [0.25, 0.3) is 0 Å². The molecule has 6 aliphatic heterocycles. The van der Waals surface area contributed by atoms with Gasteiger partial charge in [0, 0.05) is 49.9 Å². The lowest BCUT2D eigenvalue weighted by Crippen LogP contribution is -2.60. The van der Waals surface area contributed by atoms with Gasteiger partial charge < -0.3 is 96.6 Å². The summed E-state index contributed by atoms with van der Waals surface area (Å²) in [6.07, 6.45) is -18.3. The number of fused-ring (bicyclic) bond motifs is 15. The molecule has 5 aromatic rings. The minimum atomic E-state index is -2.19. The SMILES string of the molecule is CC(C)CC(=O)[C@H]1NC(=O)[C@H]2NC(=O)[C@@H](CC(=O)[C@@H]3NC(=O)[C@H](CC(N)=O)CC(=O)[C@H](NC(=O)[C@@H](CC(C)C)N(C)C(=O)OC(C)(C)C)[C@H](O)c4ccc(c(Cl)c4)Oc4cc3cc(c4O[C@@H]3O[C@H](CO)[C@@H](O)[C@H](O)[C@H]3O)Oc3ccc(cc3Cl)[C@H]2O)c2ccc(O)c(c2)-c2c(O)cc(O)cc21. The van der Waals surface area contributed by atoms with Gasteiger partial charge in [0.05, 0.1) is 28.5 Å². The highest BCUT2D eigenvalue weighted by Crippen LogP contribution is 2.50. The van der Waals surface area contributed by atoms with Gasteiger partial charge >= 0.3 is 6.09 Å². The van der Waals surface area contributed by atoms with Gasteiger partial charge in [-0.15, -0.1) is 0 Å². The van der Waals surface area contributed by atoms with Gasteiger partial charge in [-0.3, -0.25) is 43.3 Å². The number of carbonyl (C=O) groups is 9. The molecule has 0 saturated carbocycles. The first-order valence-corrected chi connectivity index (χ1v) is 33.1. The van der Waals surface area contributed by atoms with Gasteiger partial charge in [0.2, 0.25) is 41.6 Å². The molecule has 11 bridgehead atoms. The van der Waals surface area contributed by atoms with Crippen LogP contribution in [0.4, 0.5) is 4.79 Å². The molecule has 1 saturated heterocycles. The van der Waals surface area contributed by atoms with Crippen LogP contribution in [-0.4, -0.2) is 172 Å². The minimum Gasteiger partial charge on any atom is -0.508 e. The maximum atomic E-state index is 16.1. The van der Waals surface area contributed by atoms with Gasteiger partial charge in [-0.1, -0.05) is 69.1 Å². The topological polar surface area (TPSA) is 459 Å². The number of Topliss-reactive ketones (excluding diaryl/α,β-unsaturated/α-hetero) is 3. The van der Waals surface area contributed by atoms with Gasteiger partial charge in [-0.05, 0) is 121 Å². The van der Waals surface area contributed by atoms with E-state index in [9.17, 15) is 65.1 Å². The summed E-state index contributed by atoms with van der Waals surface area (Å²) in [4.78, 5) is 134. The van der Waals surface area contributed by atoms with E-state index < -0.39 is 204 Å². The molecule has 0 unspecified atom stereocenters. The Morgan fingerprint density at radius 2 is 1.31 bits per heavy atom. The van der Waals surface area contributed by atoms with Crippen molar-refractivity contribution in [3.05, 3.63) is 117 Å². The third-order valence-corrected chi connectivity index (χ3v) is 18.0. The number of aliphatic hydroxyl groups is 6. The second-order valence-corrected chi connectivity index (χ2v) is 28.1. The molecule has 5 aromatic carbocycles. The summed E-state index contributed by atoms with van der Waals surface area (Å²) in [6.45, 7) is 10.8. The molecule has 0 radical (unpaired) electrons. The van der Waals surface area contributed by atoms with Crippen molar-refractivity contribution in [1.29, 1.82) is 0 Å². The second-order valence-electron chi connectivity index (χ2n) is 27.3. The van der Waals surface area contributed by atoms with Crippen molar-refractivity contribution in [3.63, 3.8) is 0 Å². The highest BCUT2D eigenvalue weighted by molar-refractivity contribution is 6.32. The van der Waals surface area contributed by atoms with E-state index in [1.807, 2.05) is 0 Å². The number of hydrogen-bond acceptors (Lipinski definition) is 23. The van der Waals surface area contributed by atoms with E-state index in [-0.39, 0.29) is 85.2 Å². The Kier molecular flexibility index (Phi) is 23.3. The number of nitrogens with two attached hydrogens (primary N) is 1. The van der Waals surface area contributed by atoms with Crippen LogP contribution < -0.4 is 41.2 Å². The largest absolute Gasteiger partial charge is 0.508 e. The number of halogens is 2. The van der Waals surface area contributed by atoms with Crippen LogP contribution in [0.5, 0.6) is 46.0 Å². The molecule has 6 heterocycles. The molecular formula is C70H80Cl2N6O23. The lowest BCUT2D eigenvalue weighted by atomic mass is 9.84. The highest BCUT2D eigenvalue weighted by Gasteiger charge is 2.47. The molecule has 11 rings (SSSR count). The van der Waals surface area contributed by atoms with E-state index in [2.05, 4.69) is 21.3 Å². The number of carbonyl (C=O) groups excluding carboxylic acids is 9. The zero-order valence-corrected chi connectivity index (χ0v) is 57.5. The molecule has 29 nitrogen and oxygen atoms in total. The predicted molar refractivity (Wildman–Crippen MR) is 357 cm³/mol. The fourth-order valence-electron chi connectivity index (χ4n) is 12.3. The van der Waals surface area contributed by atoms with E-state index in [4.69, 9.17) is 52.6 Å². The van der Waals surface area contributed by atoms with Gasteiger partial charge in [0.1, 0.15) is 101 Å². The Morgan fingerprint density at radius 3 is 1.88 bits per heavy atom. The van der Waals surface area contributed by atoms with Crippen molar-refractivity contribution in [2.75, 3.05) is 13.7 Å². The molecule has 6 amide bonds. The first-order valence-electron chi connectivity index (χ1n) is 32.3. The van der Waals surface area contributed by atoms with E-state index in [0.29, 0.717) is 0 Å². The molecule has 542 valence electrons. The van der Waals surface area contributed by atoms with Crippen molar-refractivity contribution >= 4 is 76.2 Å². The second kappa shape index (κ2) is 31.0. The number of phenolic OH excluding ortho intramolecular Hbond substituents is 3. The van der Waals surface area contributed by atoms with E-state index in [1.165, 1.54) is 43.4 Å². The number of aromatic hydroxyl groups is 3. The van der Waals surface area contributed by atoms with Crippen LogP contribution >= 0.6 is 23.2 Å². The Hall–Kier alpha value is -9.17. The summed E-state index contributed by atoms with van der Waals surface area (Å²) < 4.78 is 30.7. The number of rotatable bonds is 13. The molecule has 0 spiro atoms. The van der Waals surface area contributed by atoms with E-state index in [0.717, 1.165) is 47.4 Å². The molecular weight excluding hydrogens is 1360 g/mol. The fourth-order valence-corrected chi connectivity index (χ4v) is 12.8. The monoisotopic (exact) mass is 1440 g/mol.